The number of nitrogens with one attached hydrogen (secondary N) is 2. The molecule has 4 nitrogen and oxygen atoms in total. The molecule has 1 saturated heterocycles. The van der Waals surface area contributed by atoms with Crippen molar-refractivity contribution in [1.29, 1.82) is 0 Å². The fraction of sp³-hybridized carbons (Fsp3) is 0.462. The molecule has 2 rings (SSSR count). The highest BCUT2D eigenvalue weighted by atomic mass is 35.5. The van der Waals surface area contributed by atoms with Crippen molar-refractivity contribution in [3.05, 3.63) is 23.2 Å². The molecule has 1 amide bonds. The van der Waals surface area contributed by atoms with E-state index >= 15 is 0 Å². The number of amides is 1. The van der Waals surface area contributed by atoms with Crippen LogP contribution in [-0.2, 0) is 4.79 Å². The summed E-state index contributed by atoms with van der Waals surface area (Å²) in [4.78, 5) is 11.9. The van der Waals surface area contributed by atoms with Crippen molar-refractivity contribution in [2.45, 2.75) is 25.3 Å². The molecule has 0 aromatic heterocycles. The lowest BCUT2D eigenvalue weighted by atomic mass is 10.1. The Morgan fingerprint density at radius 2 is 2.37 bits per heavy atom. The zero-order valence-corrected chi connectivity index (χ0v) is 12.3. The molecule has 1 fully saturated rings. The maximum atomic E-state index is 11.9. The van der Waals surface area contributed by atoms with Crippen LogP contribution in [0.1, 0.15) is 19.3 Å². The van der Waals surface area contributed by atoms with E-state index in [1.54, 1.807) is 25.3 Å². The fourth-order valence-corrected chi connectivity index (χ4v) is 2.31. The van der Waals surface area contributed by atoms with Gasteiger partial charge in [0.05, 0.1) is 12.8 Å². The second-order valence-corrected chi connectivity index (χ2v) is 4.83. The van der Waals surface area contributed by atoms with Gasteiger partial charge in [0.25, 0.3) is 0 Å². The molecule has 1 unspecified atom stereocenters. The van der Waals surface area contributed by atoms with E-state index < -0.39 is 0 Å². The Bertz CT molecular complexity index is 435. The molecule has 1 heterocycles. The zero-order valence-electron chi connectivity index (χ0n) is 10.7. The van der Waals surface area contributed by atoms with Crippen LogP contribution in [0.4, 0.5) is 5.69 Å². The highest BCUT2D eigenvalue weighted by molar-refractivity contribution is 6.31. The molecule has 0 aliphatic carbocycles. The molecular formula is C13H18Cl2N2O2. The first-order valence-electron chi connectivity index (χ1n) is 6.06. The van der Waals surface area contributed by atoms with E-state index in [1.807, 2.05) is 0 Å². The van der Waals surface area contributed by atoms with Gasteiger partial charge in [-0.15, -0.1) is 12.4 Å². The molecule has 0 saturated carbocycles. The molecule has 6 heteroatoms. The van der Waals surface area contributed by atoms with Crippen molar-refractivity contribution in [3.63, 3.8) is 0 Å². The van der Waals surface area contributed by atoms with Gasteiger partial charge in [0.1, 0.15) is 5.75 Å². The fourth-order valence-electron chi connectivity index (χ4n) is 2.13. The highest BCUT2D eigenvalue weighted by Gasteiger charge is 2.18. The Labute approximate surface area is 124 Å². The quantitative estimate of drug-likeness (QED) is 0.899. The molecule has 106 valence electrons. The number of halogens is 2. The van der Waals surface area contributed by atoms with Crippen LogP contribution in [-0.4, -0.2) is 25.6 Å². The lowest BCUT2D eigenvalue weighted by molar-refractivity contribution is -0.116. The van der Waals surface area contributed by atoms with Crippen LogP contribution >= 0.6 is 24.0 Å². The van der Waals surface area contributed by atoms with Gasteiger partial charge >= 0.3 is 0 Å². The topological polar surface area (TPSA) is 50.4 Å². The molecule has 0 spiro atoms. The van der Waals surface area contributed by atoms with Gasteiger partial charge < -0.3 is 15.4 Å². The number of methoxy groups -OCH3 is 1. The SMILES string of the molecule is COc1ccc(Cl)cc1NC(=O)CC1CCCN1.Cl. The number of hydrogen-bond donors (Lipinski definition) is 2. The van der Waals surface area contributed by atoms with Crippen molar-refractivity contribution in [2.24, 2.45) is 0 Å². The summed E-state index contributed by atoms with van der Waals surface area (Å²) < 4.78 is 5.18. The molecule has 19 heavy (non-hydrogen) atoms. The van der Waals surface area contributed by atoms with E-state index in [2.05, 4.69) is 10.6 Å². The molecule has 1 aliphatic heterocycles. The maximum absolute atomic E-state index is 11.9. The Morgan fingerprint density at radius 3 is 3.00 bits per heavy atom. The third kappa shape index (κ3) is 4.56. The van der Waals surface area contributed by atoms with Gasteiger partial charge in [-0.1, -0.05) is 11.6 Å². The van der Waals surface area contributed by atoms with Crippen LogP contribution in [0.3, 0.4) is 0 Å². The van der Waals surface area contributed by atoms with Gasteiger partial charge in [0.15, 0.2) is 0 Å². The smallest absolute Gasteiger partial charge is 0.226 e. The molecule has 2 N–H and O–H groups in total. The van der Waals surface area contributed by atoms with Crippen molar-refractivity contribution < 1.29 is 9.53 Å². The van der Waals surface area contributed by atoms with E-state index in [-0.39, 0.29) is 24.4 Å². The van der Waals surface area contributed by atoms with Crippen molar-refractivity contribution in [3.8, 4) is 5.75 Å². The van der Waals surface area contributed by atoms with Gasteiger partial charge in [0, 0.05) is 17.5 Å². The largest absolute Gasteiger partial charge is 0.495 e. The Balaban J connectivity index is 0.00000180. The number of hydrogen-bond acceptors (Lipinski definition) is 3. The third-order valence-electron chi connectivity index (χ3n) is 3.03. The van der Waals surface area contributed by atoms with Crippen LogP contribution < -0.4 is 15.4 Å². The minimum absolute atomic E-state index is 0. The summed E-state index contributed by atoms with van der Waals surface area (Å²) in [6, 6.07) is 5.45. The van der Waals surface area contributed by atoms with Gasteiger partial charge in [-0.3, -0.25) is 4.79 Å². The number of anilines is 1. The van der Waals surface area contributed by atoms with Crippen LogP contribution in [0.2, 0.25) is 5.02 Å². The molecule has 1 aliphatic rings. The van der Waals surface area contributed by atoms with E-state index in [0.717, 1.165) is 19.4 Å². The Morgan fingerprint density at radius 1 is 1.58 bits per heavy atom. The van der Waals surface area contributed by atoms with Crippen molar-refractivity contribution in [2.75, 3.05) is 19.0 Å². The third-order valence-corrected chi connectivity index (χ3v) is 3.26. The predicted molar refractivity (Wildman–Crippen MR) is 79.5 cm³/mol. The zero-order chi connectivity index (χ0) is 13.0. The summed E-state index contributed by atoms with van der Waals surface area (Å²) in [5, 5.41) is 6.71. The maximum Gasteiger partial charge on any atom is 0.226 e. The number of carbonyl (C=O) groups is 1. The molecule has 0 bridgehead atoms. The minimum atomic E-state index is -0.0185. The Kier molecular flexibility index (Phi) is 6.42. The van der Waals surface area contributed by atoms with Gasteiger partial charge in [-0.25, -0.2) is 0 Å². The van der Waals surface area contributed by atoms with Crippen molar-refractivity contribution >= 4 is 35.6 Å². The first-order chi connectivity index (χ1) is 8.69. The minimum Gasteiger partial charge on any atom is -0.495 e. The average Bonchev–Trinajstić information content (AvgIpc) is 2.82. The molecule has 1 atom stereocenters. The number of rotatable bonds is 4. The number of ether oxygens (including phenoxy) is 1. The van der Waals surface area contributed by atoms with Crippen LogP contribution in [0.15, 0.2) is 18.2 Å². The summed E-state index contributed by atoms with van der Waals surface area (Å²) in [7, 11) is 1.57. The second-order valence-electron chi connectivity index (χ2n) is 4.39. The van der Waals surface area contributed by atoms with Gasteiger partial charge in [0.2, 0.25) is 5.91 Å². The Hall–Kier alpha value is -0.970. The van der Waals surface area contributed by atoms with E-state index in [9.17, 15) is 4.79 Å². The summed E-state index contributed by atoms with van der Waals surface area (Å²) in [5.74, 6) is 0.599. The standard InChI is InChI=1S/C13H17ClN2O2.ClH/c1-18-12-5-4-9(14)7-11(12)16-13(17)8-10-3-2-6-15-10;/h4-5,7,10,15H,2-3,6,8H2,1H3,(H,16,17);1H. The van der Waals surface area contributed by atoms with Crippen molar-refractivity contribution in [1.82, 2.24) is 5.32 Å². The number of benzene rings is 1. The lowest BCUT2D eigenvalue weighted by Crippen LogP contribution is -2.27. The van der Waals surface area contributed by atoms with Gasteiger partial charge in [-0.05, 0) is 37.6 Å². The summed E-state index contributed by atoms with van der Waals surface area (Å²) in [6.07, 6.45) is 2.67. The monoisotopic (exact) mass is 304 g/mol. The molecule has 1 aromatic rings. The van der Waals surface area contributed by atoms with E-state index in [0.29, 0.717) is 22.9 Å². The first kappa shape index (κ1) is 16.1. The average molecular weight is 305 g/mol. The van der Waals surface area contributed by atoms with Crippen LogP contribution in [0.25, 0.3) is 0 Å². The lowest BCUT2D eigenvalue weighted by Gasteiger charge is -2.13. The molecule has 1 aromatic carbocycles. The summed E-state index contributed by atoms with van der Waals surface area (Å²) in [6.45, 7) is 0.998. The van der Waals surface area contributed by atoms with Crippen LogP contribution in [0.5, 0.6) is 5.75 Å². The van der Waals surface area contributed by atoms with Gasteiger partial charge in [-0.2, -0.15) is 0 Å². The highest BCUT2D eigenvalue weighted by Crippen LogP contribution is 2.27. The number of carbonyl (C=O) groups excluding carboxylic acids is 1. The molecule has 0 radical (unpaired) electrons. The predicted octanol–water partition coefficient (Wildman–Crippen LogP) is 2.85. The summed E-state index contributed by atoms with van der Waals surface area (Å²) in [5.41, 5.74) is 0.619. The molecular weight excluding hydrogens is 287 g/mol. The van der Waals surface area contributed by atoms with E-state index in [4.69, 9.17) is 16.3 Å². The first-order valence-corrected chi connectivity index (χ1v) is 6.43. The second kappa shape index (κ2) is 7.58. The summed E-state index contributed by atoms with van der Waals surface area (Å²) >= 11 is 5.91. The van der Waals surface area contributed by atoms with E-state index in [1.165, 1.54) is 0 Å². The van der Waals surface area contributed by atoms with Crippen LogP contribution in [0, 0.1) is 0 Å². The normalized spacial score (nSPS) is 17.7.